The standard InChI is InChI=1S/C22H34N2O/c1-24(25)20-15-13-11-9-7-5-3-2-4-6-8-10-12-14-17-22-18-16-19-23-21-22/h2,4,16,18-19,21,25H,3,5,7,9-15,17,20H2,1H3/b4-2+. The fourth-order valence-electron chi connectivity index (χ4n) is 2.67. The van der Waals surface area contributed by atoms with E-state index in [-0.39, 0.29) is 0 Å². The second-order valence-electron chi connectivity index (χ2n) is 6.58. The summed E-state index contributed by atoms with van der Waals surface area (Å²) in [5.41, 5.74) is 1.32. The fraction of sp³-hybridized carbons (Fsp3) is 0.591. The molecular weight excluding hydrogens is 308 g/mol. The normalized spacial score (nSPS) is 11.0. The number of hydrogen-bond acceptors (Lipinski definition) is 3. The van der Waals surface area contributed by atoms with Crippen LogP contribution in [0.1, 0.15) is 69.8 Å². The van der Waals surface area contributed by atoms with Gasteiger partial charge in [0, 0.05) is 32.4 Å². The molecule has 1 N–H and O–H groups in total. The Labute approximate surface area is 154 Å². The molecule has 3 nitrogen and oxygen atoms in total. The molecule has 1 rings (SSSR count). The van der Waals surface area contributed by atoms with Gasteiger partial charge < -0.3 is 5.21 Å². The van der Waals surface area contributed by atoms with Crippen LogP contribution in [0.2, 0.25) is 0 Å². The first kappa shape index (κ1) is 21.4. The Morgan fingerprint density at radius 1 is 1.08 bits per heavy atom. The van der Waals surface area contributed by atoms with Crippen molar-refractivity contribution in [2.45, 2.75) is 70.6 Å². The lowest BCUT2D eigenvalue weighted by Gasteiger charge is -2.06. The van der Waals surface area contributed by atoms with Crippen molar-refractivity contribution in [3.63, 3.8) is 0 Å². The van der Waals surface area contributed by atoms with Gasteiger partial charge in [-0.05, 0) is 56.2 Å². The summed E-state index contributed by atoms with van der Waals surface area (Å²) in [5.74, 6) is 6.37. The van der Waals surface area contributed by atoms with Crippen molar-refractivity contribution in [1.82, 2.24) is 10.0 Å². The third-order valence-electron chi connectivity index (χ3n) is 4.15. The first-order valence-electron chi connectivity index (χ1n) is 9.71. The van der Waals surface area contributed by atoms with Gasteiger partial charge in [-0.2, -0.15) is 5.06 Å². The summed E-state index contributed by atoms with van der Waals surface area (Å²) in [6.07, 6.45) is 20.9. The maximum atomic E-state index is 9.02. The Kier molecular flexibility index (Phi) is 13.6. The second kappa shape index (κ2) is 15.9. The zero-order valence-corrected chi connectivity index (χ0v) is 15.8. The predicted octanol–water partition coefficient (Wildman–Crippen LogP) is 5.41. The molecule has 0 aromatic carbocycles. The Morgan fingerprint density at radius 2 is 1.88 bits per heavy atom. The van der Waals surface area contributed by atoms with Gasteiger partial charge in [0.05, 0.1) is 0 Å². The molecule has 0 aliphatic heterocycles. The lowest BCUT2D eigenvalue weighted by atomic mass is 10.1. The van der Waals surface area contributed by atoms with Crippen molar-refractivity contribution in [3.8, 4) is 11.8 Å². The molecule has 0 bridgehead atoms. The summed E-state index contributed by atoms with van der Waals surface area (Å²) < 4.78 is 0. The molecule has 1 aromatic heterocycles. The summed E-state index contributed by atoms with van der Waals surface area (Å²) in [7, 11) is 1.71. The van der Waals surface area contributed by atoms with E-state index in [0.717, 1.165) is 38.6 Å². The first-order chi connectivity index (χ1) is 12.3. The molecular formula is C22H34N2O. The number of hydrogen-bond donors (Lipinski definition) is 1. The number of nitrogens with zero attached hydrogens (tertiary/aromatic N) is 2. The van der Waals surface area contributed by atoms with Crippen LogP contribution in [0.15, 0.2) is 36.7 Å². The molecule has 0 saturated heterocycles. The average Bonchev–Trinajstić information content (AvgIpc) is 2.62. The van der Waals surface area contributed by atoms with Crippen LogP contribution in [0.25, 0.3) is 0 Å². The van der Waals surface area contributed by atoms with Crippen molar-refractivity contribution in [1.29, 1.82) is 0 Å². The van der Waals surface area contributed by atoms with Crippen molar-refractivity contribution >= 4 is 0 Å². The molecule has 138 valence electrons. The number of aryl methyl sites for hydroxylation is 1. The summed E-state index contributed by atoms with van der Waals surface area (Å²) in [6, 6.07) is 4.13. The molecule has 0 radical (unpaired) electrons. The van der Waals surface area contributed by atoms with E-state index in [2.05, 4.69) is 29.0 Å². The predicted molar refractivity (Wildman–Crippen MR) is 105 cm³/mol. The molecule has 25 heavy (non-hydrogen) atoms. The quantitative estimate of drug-likeness (QED) is 0.296. The van der Waals surface area contributed by atoms with E-state index in [1.54, 1.807) is 7.05 Å². The van der Waals surface area contributed by atoms with E-state index in [1.807, 2.05) is 24.5 Å². The third kappa shape index (κ3) is 14.4. The molecule has 0 spiro atoms. The van der Waals surface area contributed by atoms with Crippen molar-refractivity contribution in [2.24, 2.45) is 0 Å². The van der Waals surface area contributed by atoms with Gasteiger partial charge in [0.1, 0.15) is 0 Å². The van der Waals surface area contributed by atoms with Crippen molar-refractivity contribution in [3.05, 3.63) is 42.2 Å². The van der Waals surface area contributed by atoms with Gasteiger partial charge in [-0.15, -0.1) is 0 Å². The minimum atomic E-state index is 0.783. The number of hydroxylamine groups is 2. The second-order valence-corrected chi connectivity index (χ2v) is 6.58. The highest BCUT2D eigenvalue weighted by molar-refractivity contribution is 5.15. The third-order valence-corrected chi connectivity index (χ3v) is 4.15. The number of rotatable bonds is 13. The van der Waals surface area contributed by atoms with Gasteiger partial charge in [-0.1, -0.05) is 49.7 Å². The van der Waals surface area contributed by atoms with Crippen LogP contribution in [0.4, 0.5) is 0 Å². The highest BCUT2D eigenvalue weighted by atomic mass is 16.5. The van der Waals surface area contributed by atoms with E-state index in [1.165, 1.54) is 49.2 Å². The van der Waals surface area contributed by atoms with Gasteiger partial charge >= 0.3 is 0 Å². The lowest BCUT2D eigenvalue weighted by Crippen LogP contribution is -2.13. The smallest absolute Gasteiger partial charge is 0.0299 e. The van der Waals surface area contributed by atoms with Crippen LogP contribution in [0.3, 0.4) is 0 Å². The molecule has 1 aromatic rings. The Bertz CT molecular complexity index is 500. The molecule has 3 heteroatoms. The maximum absolute atomic E-state index is 9.02. The Morgan fingerprint density at radius 3 is 2.64 bits per heavy atom. The van der Waals surface area contributed by atoms with Crippen LogP contribution in [0, 0.1) is 11.8 Å². The van der Waals surface area contributed by atoms with E-state index in [0.29, 0.717) is 0 Å². The largest absolute Gasteiger partial charge is 0.314 e. The molecule has 0 fully saturated rings. The monoisotopic (exact) mass is 342 g/mol. The zero-order chi connectivity index (χ0) is 18.0. The highest BCUT2D eigenvalue weighted by Gasteiger charge is 1.93. The van der Waals surface area contributed by atoms with Crippen LogP contribution in [0.5, 0.6) is 0 Å². The van der Waals surface area contributed by atoms with Gasteiger partial charge in [-0.25, -0.2) is 0 Å². The number of unbranched alkanes of at least 4 members (excludes halogenated alkanes) is 8. The molecule has 1 heterocycles. The lowest BCUT2D eigenvalue weighted by molar-refractivity contribution is -0.0655. The topological polar surface area (TPSA) is 36.4 Å². The van der Waals surface area contributed by atoms with Gasteiger partial charge in [0.25, 0.3) is 0 Å². The molecule has 0 amide bonds. The van der Waals surface area contributed by atoms with Crippen LogP contribution in [-0.4, -0.2) is 28.8 Å². The molecule has 0 aliphatic carbocycles. The first-order valence-corrected chi connectivity index (χ1v) is 9.71. The van der Waals surface area contributed by atoms with Crippen molar-refractivity contribution in [2.75, 3.05) is 13.6 Å². The van der Waals surface area contributed by atoms with E-state index < -0.39 is 0 Å². The van der Waals surface area contributed by atoms with Gasteiger partial charge in [0.15, 0.2) is 0 Å². The van der Waals surface area contributed by atoms with Gasteiger partial charge in [-0.3, -0.25) is 4.98 Å². The molecule has 0 saturated carbocycles. The zero-order valence-electron chi connectivity index (χ0n) is 15.8. The maximum Gasteiger partial charge on any atom is 0.0299 e. The number of aromatic nitrogens is 1. The Balaban J connectivity index is 1.86. The van der Waals surface area contributed by atoms with Crippen LogP contribution < -0.4 is 0 Å². The summed E-state index contributed by atoms with van der Waals surface area (Å²) in [6.45, 7) is 0.783. The minimum Gasteiger partial charge on any atom is -0.314 e. The van der Waals surface area contributed by atoms with Crippen molar-refractivity contribution < 1.29 is 5.21 Å². The minimum absolute atomic E-state index is 0.783. The summed E-state index contributed by atoms with van der Waals surface area (Å²) >= 11 is 0. The average molecular weight is 343 g/mol. The number of pyridine rings is 1. The Hall–Kier alpha value is -1.63. The van der Waals surface area contributed by atoms with Crippen LogP contribution in [-0.2, 0) is 6.42 Å². The van der Waals surface area contributed by atoms with E-state index in [4.69, 9.17) is 5.21 Å². The van der Waals surface area contributed by atoms with Crippen LogP contribution >= 0.6 is 0 Å². The molecule has 0 aliphatic rings. The van der Waals surface area contributed by atoms with E-state index >= 15 is 0 Å². The fourth-order valence-corrected chi connectivity index (χ4v) is 2.67. The highest BCUT2D eigenvalue weighted by Crippen LogP contribution is 2.08. The summed E-state index contributed by atoms with van der Waals surface area (Å²) in [5, 5.41) is 10.3. The number of allylic oxidation sites excluding steroid dienone is 2. The van der Waals surface area contributed by atoms with E-state index in [9.17, 15) is 0 Å². The molecule has 0 unspecified atom stereocenters. The SMILES string of the molecule is CN(O)CCCCCCCC/C=C/C#CCCCCc1cccnc1. The molecule has 0 atom stereocenters. The summed E-state index contributed by atoms with van der Waals surface area (Å²) in [4.78, 5) is 4.13. The van der Waals surface area contributed by atoms with Gasteiger partial charge in [0.2, 0.25) is 0 Å².